The van der Waals surface area contributed by atoms with Crippen molar-refractivity contribution < 1.29 is 12.8 Å². The molecule has 0 spiro atoms. The van der Waals surface area contributed by atoms with Crippen LogP contribution in [-0.4, -0.2) is 25.8 Å². The normalized spacial score (nSPS) is 17.3. The Labute approximate surface area is 176 Å². The zero-order valence-electron chi connectivity index (χ0n) is 16.7. The van der Waals surface area contributed by atoms with Gasteiger partial charge in [0.25, 0.3) is 10.0 Å². The van der Waals surface area contributed by atoms with Crippen LogP contribution in [0.15, 0.2) is 96.0 Å². The molecular weight excluding hydrogens is 399 g/mol. The van der Waals surface area contributed by atoms with E-state index in [-0.39, 0.29) is 23.3 Å². The van der Waals surface area contributed by atoms with E-state index in [4.69, 9.17) is 0 Å². The molecule has 1 unspecified atom stereocenters. The van der Waals surface area contributed by atoms with Crippen molar-refractivity contribution in [2.24, 2.45) is 0 Å². The highest BCUT2D eigenvalue weighted by molar-refractivity contribution is 7.89. The number of hydrogen-bond acceptors (Lipinski definition) is 3. The average Bonchev–Trinajstić information content (AvgIpc) is 2.75. The molecule has 0 amide bonds. The van der Waals surface area contributed by atoms with Crippen molar-refractivity contribution in [1.82, 2.24) is 4.31 Å². The van der Waals surface area contributed by atoms with E-state index in [0.717, 1.165) is 16.8 Å². The van der Waals surface area contributed by atoms with Gasteiger partial charge in [0, 0.05) is 11.4 Å². The van der Waals surface area contributed by atoms with Crippen LogP contribution in [0.25, 0.3) is 0 Å². The van der Waals surface area contributed by atoms with E-state index in [0.29, 0.717) is 12.2 Å². The Kier molecular flexibility index (Phi) is 5.35. The number of piperazine rings is 1. The maximum atomic E-state index is 13.5. The third kappa shape index (κ3) is 3.83. The minimum absolute atomic E-state index is 0.219. The van der Waals surface area contributed by atoms with Crippen molar-refractivity contribution in [3.05, 3.63) is 108 Å². The lowest BCUT2D eigenvalue weighted by Crippen LogP contribution is -2.48. The highest BCUT2D eigenvalue weighted by Crippen LogP contribution is 2.36. The van der Waals surface area contributed by atoms with Crippen LogP contribution < -0.4 is 4.90 Å². The fourth-order valence-corrected chi connectivity index (χ4v) is 5.21. The largest absolute Gasteiger partial charge is 0.357 e. The van der Waals surface area contributed by atoms with Crippen molar-refractivity contribution >= 4 is 15.7 Å². The summed E-state index contributed by atoms with van der Waals surface area (Å²) in [6.45, 7) is 6.51. The fraction of sp³-hybridized carbons (Fsp3) is 0.167. The van der Waals surface area contributed by atoms with E-state index in [1.807, 2.05) is 37.3 Å². The molecule has 0 bridgehead atoms. The summed E-state index contributed by atoms with van der Waals surface area (Å²) in [5.74, 6) is -0.311. The Bertz CT molecular complexity index is 1140. The van der Waals surface area contributed by atoms with Gasteiger partial charge in [0.1, 0.15) is 5.82 Å². The van der Waals surface area contributed by atoms with E-state index >= 15 is 0 Å². The monoisotopic (exact) mass is 422 g/mol. The summed E-state index contributed by atoms with van der Waals surface area (Å²) in [4.78, 5) is 2.31. The van der Waals surface area contributed by atoms with Crippen LogP contribution >= 0.6 is 0 Å². The molecule has 0 aromatic heterocycles. The smallest absolute Gasteiger partial charge is 0.264 e. The standard InChI is InChI=1S/C24H23FN2O2S/c1-18-8-14-23(15-9-18)30(28,29)27-17-24(20-6-4-3-5-7-20)26(16-19(27)2)22-12-10-21(25)11-13-22/h3-15,24H,2,16-17H2,1H3. The first-order valence-electron chi connectivity index (χ1n) is 9.70. The molecule has 0 saturated carbocycles. The number of hydrogen-bond donors (Lipinski definition) is 0. The second-order valence-electron chi connectivity index (χ2n) is 7.45. The molecule has 1 aliphatic heterocycles. The van der Waals surface area contributed by atoms with E-state index in [1.54, 1.807) is 36.4 Å². The number of aryl methyl sites for hydroxylation is 1. The number of nitrogens with zero attached hydrogens (tertiary/aromatic N) is 2. The lowest BCUT2D eigenvalue weighted by Gasteiger charge is -2.44. The molecule has 30 heavy (non-hydrogen) atoms. The molecule has 1 aliphatic rings. The molecule has 154 valence electrons. The first kappa shape index (κ1) is 20.2. The first-order valence-corrected chi connectivity index (χ1v) is 11.1. The maximum absolute atomic E-state index is 13.5. The lowest BCUT2D eigenvalue weighted by atomic mass is 10.0. The highest BCUT2D eigenvalue weighted by atomic mass is 32.2. The van der Waals surface area contributed by atoms with Gasteiger partial charge in [0.2, 0.25) is 0 Å². The summed E-state index contributed by atoms with van der Waals surface area (Å²) in [5, 5.41) is 0. The highest BCUT2D eigenvalue weighted by Gasteiger charge is 2.36. The summed E-state index contributed by atoms with van der Waals surface area (Å²) in [7, 11) is -3.73. The Morgan fingerprint density at radius 2 is 1.57 bits per heavy atom. The number of benzene rings is 3. The Hall–Kier alpha value is -3.12. The summed E-state index contributed by atoms with van der Waals surface area (Å²) in [6, 6.07) is 22.6. The Morgan fingerprint density at radius 1 is 0.933 bits per heavy atom. The summed E-state index contributed by atoms with van der Waals surface area (Å²) in [6.07, 6.45) is 0. The van der Waals surface area contributed by atoms with Crippen molar-refractivity contribution in [3.63, 3.8) is 0 Å². The van der Waals surface area contributed by atoms with Gasteiger partial charge in [-0.2, -0.15) is 0 Å². The van der Waals surface area contributed by atoms with Crippen molar-refractivity contribution in [2.75, 3.05) is 18.0 Å². The van der Waals surface area contributed by atoms with E-state index in [2.05, 4.69) is 11.5 Å². The topological polar surface area (TPSA) is 40.6 Å². The molecule has 1 heterocycles. The van der Waals surface area contributed by atoms with Crippen LogP contribution in [0.3, 0.4) is 0 Å². The van der Waals surface area contributed by atoms with Gasteiger partial charge < -0.3 is 4.90 Å². The van der Waals surface area contributed by atoms with E-state index in [1.165, 1.54) is 16.4 Å². The van der Waals surface area contributed by atoms with Crippen molar-refractivity contribution in [3.8, 4) is 0 Å². The van der Waals surface area contributed by atoms with E-state index < -0.39 is 10.0 Å². The number of rotatable bonds is 4. The van der Waals surface area contributed by atoms with Gasteiger partial charge in [0.15, 0.2) is 0 Å². The van der Waals surface area contributed by atoms with Gasteiger partial charge in [0.05, 0.1) is 24.0 Å². The van der Waals surface area contributed by atoms with Gasteiger partial charge in [-0.25, -0.2) is 12.8 Å². The molecule has 1 atom stereocenters. The quantitative estimate of drug-likeness (QED) is 0.600. The van der Waals surface area contributed by atoms with Crippen LogP contribution in [0.4, 0.5) is 10.1 Å². The average molecular weight is 423 g/mol. The molecule has 1 saturated heterocycles. The van der Waals surface area contributed by atoms with Gasteiger partial charge >= 0.3 is 0 Å². The minimum atomic E-state index is -3.73. The molecule has 4 nitrogen and oxygen atoms in total. The van der Waals surface area contributed by atoms with Crippen LogP contribution in [-0.2, 0) is 10.0 Å². The van der Waals surface area contributed by atoms with Gasteiger partial charge in [-0.3, -0.25) is 4.31 Å². The molecule has 1 fully saturated rings. The molecular formula is C24H23FN2O2S. The minimum Gasteiger partial charge on any atom is -0.357 e. The zero-order chi connectivity index (χ0) is 21.3. The Morgan fingerprint density at radius 3 is 2.20 bits per heavy atom. The molecule has 6 heteroatoms. The number of halogens is 1. The molecule has 3 aromatic carbocycles. The number of anilines is 1. The van der Waals surface area contributed by atoms with Crippen LogP contribution in [0, 0.1) is 12.7 Å². The van der Waals surface area contributed by atoms with E-state index in [9.17, 15) is 12.8 Å². The fourth-order valence-electron chi connectivity index (χ4n) is 3.74. The summed E-state index contributed by atoms with van der Waals surface area (Å²) < 4.78 is 41.6. The molecule has 4 rings (SSSR count). The summed E-state index contributed by atoms with van der Waals surface area (Å²) >= 11 is 0. The van der Waals surface area contributed by atoms with Crippen molar-refractivity contribution in [2.45, 2.75) is 17.9 Å². The predicted octanol–water partition coefficient (Wildman–Crippen LogP) is 4.90. The zero-order valence-corrected chi connectivity index (χ0v) is 17.5. The van der Waals surface area contributed by atoms with Crippen LogP contribution in [0.2, 0.25) is 0 Å². The lowest BCUT2D eigenvalue weighted by molar-refractivity contribution is 0.390. The Balaban J connectivity index is 1.74. The van der Waals surface area contributed by atoms with Crippen LogP contribution in [0.5, 0.6) is 0 Å². The predicted molar refractivity (Wildman–Crippen MR) is 117 cm³/mol. The molecule has 0 N–H and O–H groups in total. The van der Waals surface area contributed by atoms with Gasteiger partial charge in [-0.15, -0.1) is 0 Å². The number of sulfonamides is 1. The van der Waals surface area contributed by atoms with Crippen molar-refractivity contribution in [1.29, 1.82) is 0 Å². The third-order valence-electron chi connectivity index (χ3n) is 5.37. The molecule has 0 aliphatic carbocycles. The second-order valence-corrected chi connectivity index (χ2v) is 9.31. The molecule has 0 radical (unpaired) electrons. The molecule has 3 aromatic rings. The third-order valence-corrected chi connectivity index (χ3v) is 7.23. The maximum Gasteiger partial charge on any atom is 0.264 e. The second kappa shape index (κ2) is 7.95. The van der Waals surface area contributed by atoms with Gasteiger partial charge in [-0.05, 0) is 48.9 Å². The SMILES string of the molecule is C=C1CN(c2ccc(F)cc2)C(c2ccccc2)CN1S(=O)(=O)c1ccc(C)cc1. The first-order chi connectivity index (χ1) is 14.4. The van der Waals surface area contributed by atoms with Crippen LogP contribution in [0.1, 0.15) is 17.2 Å². The summed E-state index contributed by atoms with van der Waals surface area (Å²) in [5.41, 5.74) is 3.28. The van der Waals surface area contributed by atoms with Gasteiger partial charge in [-0.1, -0.05) is 54.6 Å².